The van der Waals surface area contributed by atoms with Gasteiger partial charge in [0.05, 0.1) is 13.2 Å². The molecule has 1 aromatic rings. The predicted molar refractivity (Wildman–Crippen MR) is 110 cm³/mol. The normalized spacial score (nSPS) is 17.9. The summed E-state index contributed by atoms with van der Waals surface area (Å²) in [7, 11) is 1.26. The number of hydrogen-bond donors (Lipinski definition) is 1. The Morgan fingerprint density at radius 1 is 1.39 bits per heavy atom. The lowest BCUT2D eigenvalue weighted by molar-refractivity contribution is -0.141. The Morgan fingerprint density at radius 3 is 2.61 bits per heavy atom. The molecule has 0 spiro atoms. The van der Waals surface area contributed by atoms with Crippen molar-refractivity contribution >= 4 is 34.8 Å². The molecule has 0 radical (unpaired) electrons. The van der Waals surface area contributed by atoms with Crippen LogP contribution in [0, 0.1) is 0 Å². The lowest BCUT2D eigenvalue weighted by Crippen LogP contribution is -2.51. The number of carbonyl (C=O) groups is 2. The molecule has 1 N–H and O–H groups in total. The summed E-state index contributed by atoms with van der Waals surface area (Å²) in [5.74, 6) is -0.855. The standard InChI is InChI=1S/C19H28ClN3O4S/c1-14(16-6-4-5-7-17(16)20)22-10-8-15(9-11-22)23(28(3)26)13-18(24)21-12-19(25)27-2/h4-7,14-15H,8-13H2,1-3H3,(H,21,24). The number of rotatable bonds is 8. The summed E-state index contributed by atoms with van der Waals surface area (Å²) in [6.07, 6.45) is 3.18. The molecule has 2 atom stereocenters. The molecule has 1 aliphatic rings. The molecule has 0 saturated carbocycles. The second-order valence-electron chi connectivity index (χ2n) is 6.82. The number of piperidine rings is 1. The van der Waals surface area contributed by atoms with Gasteiger partial charge in [0.2, 0.25) is 5.91 Å². The minimum atomic E-state index is -1.28. The zero-order valence-electron chi connectivity index (χ0n) is 16.5. The Morgan fingerprint density at radius 2 is 2.04 bits per heavy atom. The molecule has 1 aromatic carbocycles. The molecule has 7 nitrogen and oxygen atoms in total. The molecule has 1 saturated heterocycles. The number of methoxy groups -OCH3 is 1. The first-order valence-corrected chi connectivity index (χ1v) is 11.1. The number of amides is 1. The van der Waals surface area contributed by atoms with Crippen LogP contribution in [0.5, 0.6) is 0 Å². The van der Waals surface area contributed by atoms with Crippen LogP contribution in [0.1, 0.15) is 31.4 Å². The van der Waals surface area contributed by atoms with E-state index in [4.69, 9.17) is 11.6 Å². The lowest BCUT2D eigenvalue weighted by atomic mass is 10.00. The van der Waals surface area contributed by atoms with Gasteiger partial charge in [-0.25, -0.2) is 0 Å². The summed E-state index contributed by atoms with van der Waals surface area (Å²) >= 11 is 5.04. The molecule has 9 heteroatoms. The molecule has 0 aromatic heterocycles. The Bertz CT molecular complexity index is 668. The van der Waals surface area contributed by atoms with E-state index in [1.807, 2.05) is 24.3 Å². The van der Waals surface area contributed by atoms with Crippen molar-refractivity contribution in [2.75, 3.05) is 39.5 Å². The van der Waals surface area contributed by atoms with Crippen molar-refractivity contribution in [1.82, 2.24) is 14.5 Å². The number of hydrogen-bond acceptors (Lipinski definition) is 6. The molecule has 1 heterocycles. The Balaban J connectivity index is 1.90. The van der Waals surface area contributed by atoms with Gasteiger partial charge in [-0.2, -0.15) is 0 Å². The predicted octanol–water partition coefficient (Wildman–Crippen LogP) is 1.75. The SMILES string of the molecule is COC(=O)CNC(=O)CN(C1CCN(C(C)c2ccccc2Cl)CC1)[S+](C)[O-]. The van der Waals surface area contributed by atoms with E-state index in [-0.39, 0.29) is 31.1 Å². The fraction of sp³-hybridized carbons (Fsp3) is 0.579. The number of carbonyl (C=O) groups excluding carboxylic acids is 2. The van der Waals surface area contributed by atoms with Gasteiger partial charge in [0.1, 0.15) is 19.3 Å². The number of likely N-dealkylation sites (tertiary alicyclic amines) is 1. The molecule has 2 unspecified atom stereocenters. The first-order valence-electron chi connectivity index (χ1n) is 9.25. The van der Waals surface area contributed by atoms with Crippen molar-refractivity contribution in [1.29, 1.82) is 0 Å². The lowest BCUT2D eigenvalue weighted by Gasteiger charge is -2.39. The summed E-state index contributed by atoms with van der Waals surface area (Å²) in [6.45, 7) is 3.60. The minimum absolute atomic E-state index is 0.00909. The second-order valence-corrected chi connectivity index (χ2v) is 8.54. The van der Waals surface area contributed by atoms with Crippen molar-refractivity contribution in [3.05, 3.63) is 34.9 Å². The third-order valence-corrected chi connectivity index (χ3v) is 6.53. The highest BCUT2D eigenvalue weighted by molar-refractivity contribution is 7.88. The molecule has 0 aliphatic carbocycles. The number of nitrogens with zero attached hydrogens (tertiary/aromatic N) is 2. The number of benzene rings is 1. The largest absolute Gasteiger partial charge is 0.598 e. The van der Waals surface area contributed by atoms with Crippen LogP contribution in [-0.2, 0) is 25.7 Å². The molecule has 2 rings (SSSR count). The molecule has 156 valence electrons. The van der Waals surface area contributed by atoms with Crippen LogP contribution in [-0.4, -0.2) is 71.2 Å². The van der Waals surface area contributed by atoms with Gasteiger partial charge in [-0.05, 0) is 31.4 Å². The van der Waals surface area contributed by atoms with Gasteiger partial charge in [0.25, 0.3) is 0 Å². The van der Waals surface area contributed by atoms with Crippen LogP contribution >= 0.6 is 11.6 Å². The monoisotopic (exact) mass is 429 g/mol. The molecule has 1 fully saturated rings. The van der Waals surface area contributed by atoms with Gasteiger partial charge in [-0.15, -0.1) is 4.31 Å². The highest BCUT2D eigenvalue weighted by atomic mass is 35.5. The number of halogens is 1. The van der Waals surface area contributed by atoms with Crippen molar-refractivity contribution in [3.63, 3.8) is 0 Å². The van der Waals surface area contributed by atoms with Crippen LogP contribution in [0.2, 0.25) is 5.02 Å². The maximum absolute atomic E-state index is 12.2. The van der Waals surface area contributed by atoms with E-state index in [0.717, 1.165) is 36.5 Å². The van der Waals surface area contributed by atoms with Crippen LogP contribution in [0.4, 0.5) is 0 Å². The van der Waals surface area contributed by atoms with Crippen molar-refractivity contribution in [2.24, 2.45) is 0 Å². The molecular formula is C19H28ClN3O4S. The van der Waals surface area contributed by atoms with Crippen LogP contribution in [0.25, 0.3) is 0 Å². The number of nitrogens with one attached hydrogen (secondary N) is 1. The zero-order valence-corrected chi connectivity index (χ0v) is 18.1. The fourth-order valence-electron chi connectivity index (χ4n) is 3.44. The average molecular weight is 430 g/mol. The molecule has 1 aliphatic heterocycles. The number of esters is 1. The van der Waals surface area contributed by atoms with Gasteiger partial charge < -0.3 is 14.6 Å². The van der Waals surface area contributed by atoms with Gasteiger partial charge in [0, 0.05) is 35.5 Å². The molecule has 28 heavy (non-hydrogen) atoms. The first kappa shape index (κ1) is 23.0. The van der Waals surface area contributed by atoms with E-state index in [2.05, 4.69) is 21.9 Å². The summed E-state index contributed by atoms with van der Waals surface area (Å²) in [5.41, 5.74) is 1.10. The highest BCUT2D eigenvalue weighted by Crippen LogP contribution is 2.30. The van der Waals surface area contributed by atoms with E-state index in [9.17, 15) is 14.1 Å². The minimum Gasteiger partial charge on any atom is -0.598 e. The third-order valence-electron chi connectivity index (χ3n) is 5.10. The maximum atomic E-state index is 12.2. The Labute approximate surface area is 174 Å². The van der Waals surface area contributed by atoms with E-state index >= 15 is 0 Å². The number of ether oxygens (including phenoxy) is 1. The van der Waals surface area contributed by atoms with E-state index < -0.39 is 17.3 Å². The Hall–Kier alpha value is -1.32. The van der Waals surface area contributed by atoms with Gasteiger partial charge in [-0.1, -0.05) is 29.8 Å². The highest BCUT2D eigenvalue weighted by Gasteiger charge is 2.33. The van der Waals surface area contributed by atoms with Gasteiger partial charge >= 0.3 is 5.97 Å². The zero-order chi connectivity index (χ0) is 20.7. The van der Waals surface area contributed by atoms with Crippen LogP contribution < -0.4 is 5.32 Å². The van der Waals surface area contributed by atoms with E-state index in [1.54, 1.807) is 10.6 Å². The van der Waals surface area contributed by atoms with E-state index in [0.29, 0.717) is 0 Å². The van der Waals surface area contributed by atoms with Crippen LogP contribution in [0.15, 0.2) is 24.3 Å². The quantitative estimate of drug-likeness (QED) is 0.500. The van der Waals surface area contributed by atoms with Crippen molar-refractivity contribution < 1.29 is 18.9 Å². The topological polar surface area (TPSA) is 84.9 Å². The summed E-state index contributed by atoms with van der Waals surface area (Å²) in [4.78, 5) is 25.6. The molecule has 0 bridgehead atoms. The smallest absolute Gasteiger partial charge is 0.325 e. The summed E-state index contributed by atoms with van der Waals surface area (Å²) in [6, 6.07) is 8.08. The third kappa shape index (κ3) is 6.35. The molecule has 1 amide bonds. The maximum Gasteiger partial charge on any atom is 0.325 e. The second kappa shape index (κ2) is 11.0. The summed E-state index contributed by atoms with van der Waals surface area (Å²) in [5, 5.41) is 3.26. The van der Waals surface area contributed by atoms with Gasteiger partial charge in [-0.3, -0.25) is 14.5 Å². The van der Waals surface area contributed by atoms with E-state index in [1.165, 1.54) is 7.11 Å². The van der Waals surface area contributed by atoms with Crippen molar-refractivity contribution in [3.8, 4) is 0 Å². The van der Waals surface area contributed by atoms with Crippen molar-refractivity contribution in [2.45, 2.75) is 31.8 Å². The summed E-state index contributed by atoms with van der Waals surface area (Å²) < 4.78 is 18.4. The van der Waals surface area contributed by atoms with Crippen LogP contribution in [0.3, 0.4) is 0 Å². The van der Waals surface area contributed by atoms with Gasteiger partial charge in [0.15, 0.2) is 0 Å². The average Bonchev–Trinajstić information content (AvgIpc) is 2.70. The Kier molecular flexibility index (Phi) is 9.04. The fourth-order valence-corrected chi connectivity index (χ4v) is 4.67. The first-order chi connectivity index (χ1) is 13.3. The molecular weight excluding hydrogens is 402 g/mol.